The number of benzene rings is 1. The molecule has 7 amide bonds. The summed E-state index contributed by atoms with van der Waals surface area (Å²) in [6, 6.07) is -1.17. The molecule has 0 radical (unpaired) electrons. The van der Waals surface area contributed by atoms with Crippen molar-refractivity contribution in [3.8, 4) is 0 Å². The Morgan fingerprint density at radius 2 is 1.32 bits per heavy atom. The molecule has 0 spiro atoms. The molecule has 0 saturated carbocycles. The Hall–Kier alpha value is -5.04. The lowest BCUT2D eigenvalue weighted by molar-refractivity contribution is -0.141. The molecular formula is C38H58N8O10S. The van der Waals surface area contributed by atoms with Crippen molar-refractivity contribution in [2.24, 2.45) is 29.2 Å². The van der Waals surface area contributed by atoms with Crippen molar-refractivity contribution < 1.29 is 48.3 Å². The zero-order chi connectivity index (χ0) is 43.0. The van der Waals surface area contributed by atoms with E-state index < -0.39 is 113 Å². The highest BCUT2D eigenvalue weighted by atomic mass is 32.2. The number of carbonyl (C=O) groups excluding carboxylic acids is 8. The number of carbonyl (C=O) groups is 9. The minimum absolute atomic E-state index is 0.0837. The number of carboxylic acid groups (broad SMARTS) is 1. The smallest absolute Gasteiger partial charge is 0.305 e. The Morgan fingerprint density at radius 1 is 0.789 bits per heavy atom. The molecular weight excluding hydrogens is 761 g/mol. The average molecular weight is 819 g/mol. The Balaban J connectivity index is 2.65. The van der Waals surface area contributed by atoms with Gasteiger partial charge in [-0.2, -0.15) is 0 Å². The summed E-state index contributed by atoms with van der Waals surface area (Å²) in [4.78, 5) is 120. The summed E-state index contributed by atoms with van der Waals surface area (Å²) in [5, 5.41) is 24.2. The van der Waals surface area contributed by atoms with Crippen LogP contribution in [0.4, 0.5) is 0 Å². The summed E-state index contributed by atoms with van der Waals surface area (Å²) in [6.07, 6.45) is -0.878. The van der Waals surface area contributed by atoms with Crippen LogP contribution in [-0.2, 0) is 49.6 Å². The maximum Gasteiger partial charge on any atom is 0.305 e. The molecule has 1 aliphatic heterocycles. The van der Waals surface area contributed by atoms with Gasteiger partial charge < -0.3 is 48.5 Å². The second-order valence-electron chi connectivity index (χ2n) is 15.1. The SMILES string of the molecule is CC[C@H](C)[C@H](N)C(=O)N[C@H](CC(N)=O)C(=O)N[C@H]1CSC(=O)[C@H](CC(C)C)NC(=O)[C@H](CC(C)C)NC(=O)[C@H](Cc2ccccc2)NC(=O)[C@H](CC(=O)O)NC1=O. The van der Waals surface area contributed by atoms with Crippen LogP contribution < -0.4 is 43.4 Å². The molecule has 1 aromatic rings. The number of amides is 7. The van der Waals surface area contributed by atoms with Gasteiger partial charge in [0.2, 0.25) is 46.5 Å². The molecule has 11 N–H and O–H groups in total. The van der Waals surface area contributed by atoms with Gasteiger partial charge in [-0.3, -0.25) is 43.2 Å². The van der Waals surface area contributed by atoms with E-state index in [0.717, 1.165) is 0 Å². The van der Waals surface area contributed by atoms with Gasteiger partial charge in [0.05, 0.1) is 24.9 Å². The van der Waals surface area contributed by atoms with E-state index in [1.807, 2.05) is 27.7 Å². The van der Waals surface area contributed by atoms with E-state index in [4.69, 9.17) is 11.5 Å². The number of aliphatic carboxylic acids is 1. The van der Waals surface area contributed by atoms with Gasteiger partial charge >= 0.3 is 5.97 Å². The van der Waals surface area contributed by atoms with Gasteiger partial charge in [0.1, 0.15) is 30.2 Å². The topological polar surface area (TPSA) is 298 Å². The predicted molar refractivity (Wildman–Crippen MR) is 212 cm³/mol. The number of nitrogens with two attached hydrogens (primary N) is 2. The fourth-order valence-corrected chi connectivity index (χ4v) is 6.75. The molecule has 57 heavy (non-hydrogen) atoms. The van der Waals surface area contributed by atoms with Crippen LogP contribution in [0.5, 0.6) is 0 Å². The van der Waals surface area contributed by atoms with E-state index in [-0.39, 0.29) is 37.0 Å². The Morgan fingerprint density at radius 3 is 1.88 bits per heavy atom. The highest BCUT2D eigenvalue weighted by molar-refractivity contribution is 8.13. The highest BCUT2D eigenvalue weighted by Crippen LogP contribution is 2.17. The second-order valence-corrected chi connectivity index (χ2v) is 16.1. The number of thioether (sulfide) groups is 1. The summed E-state index contributed by atoms with van der Waals surface area (Å²) >= 11 is 0.570. The number of carboxylic acids is 1. The molecule has 0 aliphatic carbocycles. The first-order chi connectivity index (χ1) is 26.7. The summed E-state index contributed by atoms with van der Waals surface area (Å²) < 4.78 is 0. The molecule has 2 rings (SSSR count). The average Bonchev–Trinajstić information content (AvgIpc) is 3.13. The van der Waals surface area contributed by atoms with Gasteiger partial charge in [0.25, 0.3) is 0 Å². The fraction of sp³-hybridized carbons (Fsp3) is 0.605. The quantitative estimate of drug-likeness (QED) is 0.0994. The molecule has 19 heteroatoms. The van der Waals surface area contributed by atoms with E-state index in [1.54, 1.807) is 44.2 Å². The molecule has 316 valence electrons. The van der Waals surface area contributed by atoms with Crippen molar-refractivity contribution >= 4 is 64.2 Å². The summed E-state index contributed by atoms with van der Waals surface area (Å²) in [5.74, 6) is -8.93. The number of rotatable bonds is 16. The number of hydrogen-bond donors (Lipinski definition) is 9. The third-order valence-electron chi connectivity index (χ3n) is 9.20. The zero-order valence-corrected chi connectivity index (χ0v) is 34.1. The summed E-state index contributed by atoms with van der Waals surface area (Å²) in [7, 11) is 0. The van der Waals surface area contributed by atoms with Gasteiger partial charge in [-0.1, -0.05) is 90.1 Å². The van der Waals surface area contributed by atoms with Crippen LogP contribution in [0.25, 0.3) is 0 Å². The molecule has 0 aromatic heterocycles. The summed E-state index contributed by atoms with van der Waals surface area (Å²) in [5.41, 5.74) is 12.0. The van der Waals surface area contributed by atoms with E-state index in [1.165, 1.54) is 0 Å². The van der Waals surface area contributed by atoms with Crippen LogP contribution in [0.2, 0.25) is 0 Å². The molecule has 0 unspecified atom stereocenters. The second kappa shape index (κ2) is 23.3. The standard InChI is InChI=1S/C38H58N8O10S/c1-7-21(6)31(40)37(55)44-25(16-29(39)47)34(52)46-28-18-57-38(56)27(14-20(4)5)45-32(50)23(13-19(2)3)41-33(51)24(15-22-11-9-8-10-12-22)42-35(53)26(17-30(48)49)43-36(28)54/h8-12,19-21,23-28,31H,7,13-18,40H2,1-6H3,(H2,39,47)(H,41,51)(H,42,53)(H,43,54)(H,44,55)(H,45,50)(H,46,52)(H,48,49)/t21-,23-,24-,25+,26-,27-,28-,31-/m0/s1. The maximum atomic E-state index is 13.9. The van der Waals surface area contributed by atoms with E-state index in [2.05, 4.69) is 31.9 Å². The number of primary amides is 1. The Kier molecular flexibility index (Phi) is 19.6. The minimum atomic E-state index is -1.80. The van der Waals surface area contributed by atoms with Crippen molar-refractivity contribution in [1.29, 1.82) is 0 Å². The number of nitrogens with one attached hydrogen (secondary N) is 6. The Labute approximate surface area is 336 Å². The largest absolute Gasteiger partial charge is 0.481 e. The first-order valence-electron chi connectivity index (χ1n) is 19.0. The van der Waals surface area contributed by atoms with Crippen LogP contribution >= 0.6 is 11.8 Å². The lowest BCUT2D eigenvalue weighted by Crippen LogP contribution is -2.61. The first kappa shape index (κ1) is 48.1. The molecule has 1 saturated heterocycles. The van der Waals surface area contributed by atoms with Crippen molar-refractivity contribution in [1.82, 2.24) is 31.9 Å². The van der Waals surface area contributed by atoms with E-state index >= 15 is 0 Å². The number of hydrogen-bond acceptors (Lipinski definition) is 11. The van der Waals surface area contributed by atoms with E-state index in [0.29, 0.717) is 23.7 Å². The molecule has 1 heterocycles. The van der Waals surface area contributed by atoms with Crippen LogP contribution in [-0.4, -0.2) is 106 Å². The predicted octanol–water partition coefficient (Wildman–Crippen LogP) is -0.773. The molecule has 1 fully saturated rings. The first-order valence-corrected chi connectivity index (χ1v) is 20.0. The fourth-order valence-electron chi connectivity index (χ4n) is 5.83. The lowest BCUT2D eigenvalue weighted by Gasteiger charge is -2.29. The third kappa shape index (κ3) is 16.5. The van der Waals surface area contributed by atoms with Crippen LogP contribution in [0.3, 0.4) is 0 Å². The zero-order valence-electron chi connectivity index (χ0n) is 33.3. The van der Waals surface area contributed by atoms with E-state index in [9.17, 15) is 48.3 Å². The highest BCUT2D eigenvalue weighted by Gasteiger charge is 2.37. The molecule has 18 nitrogen and oxygen atoms in total. The molecule has 1 aliphatic rings. The van der Waals surface area contributed by atoms with Gasteiger partial charge in [-0.25, -0.2) is 0 Å². The van der Waals surface area contributed by atoms with Gasteiger partial charge in [-0.15, -0.1) is 0 Å². The normalized spacial score (nSPS) is 23.0. The van der Waals surface area contributed by atoms with Crippen molar-refractivity contribution in [2.75, 3.05) is 5.75 Å². The van der Waals surface area contributed by atoms with Crippen LogP contribution in [0.1, 0.15) is 79.2 Å². The molecule has 0 bridgehead atoms. The lowest BCUT2D eigenvalue weighted by atomic mass is 9.99. The Bertz CT molecular complexity index is 1610. The monoisotopic (exact) mass is 818 g/mol. The minimum Gasteiger partial charge on any atom is -0.481 e. The van der Waals surface area contributed by atoms with Gasteiger partial charge in [0, 0.05) is 12.2 Å². The third-order valence-corrected chi connectivity index (χ3v) is 10.3. The summed E-state index contributed by atoms with van der Waals surface area (Å²) in [6.45, 7) is 10.8. The molecule has 1 aromatic carbocycles. The van der Waals surface area contributed by atoms with Crippen molar-refractivity contribution in [3.05, 3.63) is 35.9 Å². The van der Waals surface area contributed by atoms with Crippen molar-refractivity contribution in [2.45, 2.75) is 122 Å². The maximum absolute atomic E-state index is 13.9. The van der Waals surface area contributed by atoms with Gasteiger partial charge in [-0.05, 0) is 36.2 Å². The van der Waals surface area contributed by atoms with Crippen LogP contribution in [0.15, 0.2) is 30.3 Å². The van der Waals surface area contributed by atoms with Gasteiger partial charge in [0.15, 0.2) is 0 Å². The van der Waals surface area contributed by atoms with Crippen LogP contribution in [0, 0.1) is 17.8 Å². The van der Waals surface area contributed by atoms with Crippen molar-refractivity contribution in [3.63, 3.8) is 0 Å². The molecule has 8 atom stereocenters.